The zero-order valence-corrected chi connectivity index (χ0v) is 10.5. The van der Waals surface area contributed by atoms with E-state index >= 15 is 0 Å². The fourth-order valence-electron chi connectivity index (χ4n) is 1.39. The quantitative estimate of drug-likeness (QED) is 0.890. The lowest BCUT2D eigenvalue weighted by atomic mass is 10.3. The summed E-state index contributed by atoms with van der Waals surface area (Å²) in [5.41, 5.74) is 0.538. The van der Waals surface area contributed by atoms with E-state index in [2.05, 4.69) is 15.6 Å². The molecule has 0 radical (unpaired) electrons. The standard InChI is InChI=1S/C12H12ClN3O2/c1-14-7-11-15-6-10(18-11)12(17)16-9-5-3-2-4-8(9)13/h2-6,14H,7H2,1H3,(H,16,17). The van der Waals surface area contributed by atoms with Crippen molar-refractivity contribution in [3.05, 3.63) is 47.1 Å². The van der Waals surface area contributed by atoms with Gasteiger partial charge in [-0.05, 0) is 19.2 Å². The number of halogens is 1. The molecule has 2 rings (SSSR count). The van der Waals surface area contributed by atoms with Gasteiger partial charge in [0.2, 0.25) is 11.7 Å². The average Bonchev–Trinajstić information content (AvgIpc) is 2.81. The molecule has 2 aromatic rings. The van der Waals surface area contributed by atoms with Crippen LogP contribution in [0, 0.1) is 0 Å². The van der Waals surface area contributed by atoms with Crippen molar-refractivity contribution in [2.45, 2.75) is 6.54 Å². The SMILES string of the molecule is CNCc1ncc(C(=O)Nc2ccccc2Cl)o1. The number of oxazole rings is 1. The van der Waals surface area contributed by atoms with Crippen LogP contribution in [0.2, 0.25) is 5.02 Å². The molecule has 0 atom stereocenters. The molecule has 2 N–H and O–H groups in total. The van der Waals surface area contributed by atoms with Crippen molar-refractivity contribution in [3.63, 3.8) is 0 Å². The molecule has 0 unspecified atom stereocenters. The molecular formula is C12H12ClN3O2. The van der Waals surface area contributed by atoms with Gasteiger partial charge in [-0.25, -0.2) is 4.98 Å². The second-order valence-electron chi connectivity index (χ2n) is 3.58. The number of carbonyl (C=O) groups excluding carboxylic acids is 1. The molecule has 1 aromatic carbocycles. The van der Waals surface area contributed by atoms with Gasteiger partial charge in [-0.1, -0.05) is 23.7 Å². The molecule has 5 nitrogen and oxygen atoms in total. The number of nitrogens with zero attached hydrogens (tertiary/aromatic N) is 1. The molecule has 6 heteroatoms. The topological polar surface area (TPSA) is 67.2 Å². The first-order valence-electron chi connectivity index (χ1n) is 5.36. The minimum atomic E-state index is -0.377. The normalized spacial score (nSPS) is 10.3. The van der Waals surface area contributed by atoms with Crippen LogP contribution in [0.5, 0.6) is 0 Å². The summed E-state index contributed by atoms with van der Waals surface area (Å²) in [6.45, 7) is 0.472. The highest BCUT2D eigenvalue weighted by Crippen LogP contribution is 2.21. The Hall–Kier alpha value is -1.85. The summed E-state index contributed by atoms with van der Waals surface area (Å²) in [6.07, 6.45) is 1.39. The van der Waals surface area contributed by atoms with E-state index in [-0.39, 0.29) is 11.7 Å². The third kappa shape index (κ3) is 2.88. The largest absolute Gasteiger partial charge is 0.434 e. The van der Waals surface area contributed by atoms with Crippen molar-refractivity contribution in [3.8, 4) is 0 Å². The number of hydrogen-bond donors (Lipinski definition) is 2. The summed E-state index contributed by atoms with van der Waals surface area (Å²) in [5.74, 6) is 0.236. The second kappa shape index (κ2) is 5.66. The Morgan fingerprint density at radius 2 is 2.22 bits per heavy atom. The first kappa shape index (κ1) is 12.6. The highest BCUT2D eigenvalue weighted by atomic mass is 35.5. The lowest BCUT2D eigenvalue weighted by Gasteiger charge is -2.04. The molecule has 1 aromatic heterocycles. The molecule has 94 valence electrons. The Bertz CT molecular complexity index is 554. The smallest absolute Gasteiger partial charge is 0.293 e. The summed E-state index contributed by atoms with van der Waals surface area (Å²) in [6, 6.07) is 6.99. The predicted molar refractivity (Wildman–Crippen MR) is 68.7 cm³/mol. The van der Waals surface area contributed by atoms with E-state index in [0.717, 1.165) is 0 Å². The number of para-hydroxylation sites is 1. The Balaban J connectivity index is 2.10. The van der Waals surface area contributed by atoms with Gasteiger partial charge in [0.15, 0.2) is 0 Å². The summed E-state index contributed by atoms with van der Waals surface area (Å²) in [5, 5.41) is 6.02. The number of rotatable bonds is 4. The molecule has 0 aliphatic rings. The van der Waals surface area contributed by atoms with Gasteiger partial charge < -0.3 is 15.1 Å². The van der Waals surface area contributed by atoms with Gasteiger partial charge in [0.1, 0.15) is 0 Å². The third-order valence-electron chi connectivity index (χ3n) is 2.23. The number of anilines is 1. The van der Waals surface area contributed by atoms with Crippen LogP contribution in [0.4, 0.5) is 5.69 Å². The number of nitrogens with one attached hydrogen (secondary N) is 2. The number of carbonyl (C=O) groups is 1. The molecular weight excluding hydrogens is 254 g/mol. The van der Waals surface area contributed by atoms with Crippen molar-refractivity contribution in [1.29, 1.82) is 0 Å². The monoisotopic (exact) mass is 265 g/mol. The number of hydrogen-bond acceptors (Lipinski definition) is 4. The van der Waals surface area contributed by atoms with Crippen molar-refractivity contribution in [1.82, 2.24) is 10.3 Å². The first-order chi connectivity index (χ1) is 8.70. The van der Waals surface area contributed by atoms with E-state index in [9.17, 15) is 4.79 Å². The van der Waals surface area contributed by atoms with Crippen LogP contribution >= 0.6 is 11.6 Å². The minimum Gasteiger partial charge on any atom is -0.434 e. The summed E-state index contributed by atoms with van der Waals surface area (Å²) < 4.78 is 5.27. The number of amides is 1. The first-order valence-corrected chi connectivity index (χ1v) is 5.73. The van der Waals surface area contributed by atoms with Gasteiger partial charge in [0.05, 0.1) is 23.5 Å². The molecule has 0 spiro atoms. The Kier molecular flexibility index (Phi) is 3.96. The van der Waals surface area contributed by atoms with Crippen molar-refractivity contribution in [2.75, 3.05) is 12.4 Å². The lowest BCUT2D eigenvalue weighted by Crippen LogP contribution is -2.11. The summed E-state index contributed by atoms with van der Waals surface area (Å²) in [4.78, 5) is 15.8. The Labute approximate surface area is 109 Å². The summed E-state index contributed by atoms with van der Waals surface area (Å²) in [7, 11) is 1.77. The van der Waals surface area contributed by atoms with E-state index in [1.807, 2.05) is 0 Å². The van der Waals surface area contributed by atoms with E-state index in [1.165, 1.54) is 6.20 Å². The van der Waals surface area contributed by atoms with Crippen LogP contribution in [0.25, 0.3) is 0 Å². The molecule has 18 heavy (non-hydrogen) atoms. The number of benzene rings is 1. The molecule has 1 amide bonds. The molecule has 0 saturated heterocycles. The maximum absolute atomic E-state index is 11.9. The van der Waals surface area contributed by atoms with E-state index in [0.29, 0.717) is 23.1 Å². The average molecular weight is 266 g/mol. The van der Waals surface area contributed by atoms with Gasteiger partial charge in [-0.3, -0.25) is 4.79 Å². The molecule has 0 aliphatic heterocycles. The molecule has 0 aliphatic carbocycles. The van der Waals surface area contributed by atoms with Crippen molar-refractivity contribution < 1.29 is 9.21 Å². The highest BCUT2D eigenvalue weighted by Gasteiger charge is 2.13. The van der Waals surface area contributed by atoms with Gasteiger partial charge in [-0.15, -0.1) is 0 Å². The molecule has 0 saturated carbocycles. The fourth-order valence-corrected chi connectivity index (χ4v) is 1.58. The second-order valence-corrected chi connectivity index (χ2v) is 3.99. The van der Waals surface area contributed by atoms with E-state index in [1.54, 1.807) is 31.3 Å². The van der Waals surface area contributed by atoms with E-state index < -0.39 is 0 Å². The predicted octanol–water partition coefficient (Wildman–Crippen LogP) is 2.30. The zero-order valence-electron chi connectivity index (χ0n) is 9.74. The van der Waals surface area contributed by atoms with Crippen LogP contribution < -0.4 is 10.6 Å². The zero-order chi connectivity index (χ0) is 13.0. The Morgan fingerprint density at radius 3 is 2.94 bits per heavy atom. The van der Waals surface area contributed by atoms with Crippen molar-refractivity contribution in [2.24, 2.45) is 0 Å². The maximum atomic E-state index is 11.9. The Morgan fingerprint density at radius 1 is 1.44 bits per heavy atom. The third-order valence-corrected chi connectivity index (χ3v) is 2.56. The van der Waals surface area contributed by atoms with Crippen LogP contribution in [0.15, 0.2) is 34.9 Å². The minimum absolute atomic E-state index is 0.153. The summed E-state index contributed by atoms with van der Waals surface area (Å²) >= 11 is 5.94. The van der Waals surface area contributed by atoms with Crippen molar-refractivity contribution >= 4 is 23.2 Å². The molecule has 0 bridgehead atoms. The number of aromatic nitrogens is 1. The van der Waals surface area contributed by atoms with Crippen LogP contribution in [0.3, 0.4) is 0 Å². The lowest BCUT2D eigenvalue weighted by molar-refractivity contribution is 0.0994. The molecule has 1 heterocycles. The van der Waals surface area contributed by atoms with Gasteiger partial charge in [0, 0.05) is 0 Å². The highest BCUT2D eigenvalue weighted by molar-refractivity contribution is 6.33. The van der Waals surface area contributed by atoms with Gasteiger partial charge >= 0.3 is 0 Å². The maximum Gasteiger partial charge on any atom is 0.293 e. The van der Waals surface area contributed by atoms with Crippen LogP contribution in [0.1, 0.15) is 16.4 Å². The van der Waals surface area contributed by atoms with E-state index in [4.69, 9.17) is 16.0 Å². The molecule has 0 fully saturated rings. The fraction of sp³-hybridized carbons (Fsp3) is 0.167. The van der Waals surface area contributed by atoms with Crippen LogP contribution in [-0.2, 0) is 6.54 Å². The van der Waals surface area contributed by atoms with Gasteiger partial charge in [0.25, 0.3) is 5.91 Å². The van der Waals surface area contributed by atoms with Crippen LogP contribution in [-0.4, -0.2) is 17.9 Å². The van der Waals surface area contributed by atoms with Gasteiger partial charge in [-0.2, -0.15) is 0 Å².